The van der Waals surface area contributed by atoms with Crippen LogP contribution in [0.25, 0.3) is 0 Å². The van der Waals surface area contributed by atoms with Crippen molar-refractivity contribution in [2.75, 3.05) is 11.9 Å². The van der Waals surface area contributed by atoms with E-state index in [1.54, 1.807) is 6.07 Å². The van der Waals surface area contributed by atoms with Crippen molar-refractivity contribution in [1.82, 2.24) is 4.98 Å². The van der Waals surface area contributed by atoms with Crippen molar-refractivity contribution in [3.8, 4) is 0 Å². The average molecular weight is 290 g/mol. The van der Waals surface area contributed by atoms with Crippen molar-refractivity contribution in [3.63, 3.8) is 0 Å². The Bertz CT molecular complexity index is 502. The first-order valence-corrected chi connectivity index (χ1v) is 7.58. The first-order chi connectivity index (χ1) is 10.2. The van der Waals surface area contributed by atoms with Crippen molar-refractivity contribution < 1.29 is 14.3 Å². The van der Waals surface area contributed by atoms with Crippen molar-refractivity contribution in [2.24, 2.45) is 5.92 Å². The standard InChI is InChI=1S/C16H22N2O3/c1-2-3-9-21-16(20)18-15-6-4-5-13(17-15)10-12-7-8-14(19)11-12/h4-6,12H,2-3,7-11H2,1H3,(H,17,18,20). The maximum Gasteiger partial charge on any atom is 0.412 e. The highest BCUT2D eigenvalue weighted by molar-refractivity contribution is 5.83. The van der Waals surface area contributed by atoms with E-state index in [1.807, 2.05) is 19.1 Å². The van der Waals surface area contributed by atoms with Gasteiger partial charge in [0, 0.05) is 18.5 Å². The van der Waals surface area contributed by atoms with Crippen molar-refractivity contribution in [2.45, 2.75) is 45.4 Å². The van der Waals surface area contributed by atoms with Gasteiger partial charge in [-0.3, -0.25) is 10.1 Å². The molecule has 0 radical (unpaired) electrons. The Labute approximate surface area is 125 Å². The zero-order valence-corrected chi connectivity index (χ0v) is 12.4. The SMILES string of the molecule is CCCCOC(=O)Nc1cccc(CC2CCC(=O)C2)n1. The van der Waals surface area contributed by atoms with E-state index in [1.165, 1.54) is 0 Å². The van der Waals surface area contributed by atoms with Gasteiger partial charge in [-0.05, 0) is 37.3 Å². The molecule has 0 aromatic carbocycles. The number of aromatic nitrogens is 1. The highest BCUT2D eigenvalue weighted by atomic mass is 16.5. The van der Waals surface area contributed by atoms with Gasteiger partial charge in [0.05, 0.1) is 6.61 Å². The molecule has 1 N–H and O–H groups in total. The Kier molecular flexibility index (Phi) is 5.72. The zero-order chi connectivity index (χ0) is 15.1. The van der Waals surface area contributed by atoms with E-state index in [-0.39, 0.29) is 0 Å². The molecule has 1 atom stereocenters. The van der Waals surface area contributed by atoms with Crippen molar-refractivity contribution in [1.29, 1.82) is 0 Å². The number of rotatable bonds is 6. The summed E-state index contributed by atoms with van der Waals surface area (Å²) in [7, 11) is 0. The molecule has 21 heavy (non-hydrogen) atoms. The van der Waals surface area contributed by atoms with Crippen LogP contribution in [0.5, 0.6) is 0 Å². The van der Waals surface area contributed by atoms with E-state index in [9.17, 15) is 9.59 Å². The summed E-state index contributed by atoms with van der Waals surface area (Å²) >= 11 is 0. The van der Waals surface area contributed by atoms with E-state index in [0.717, 1.165) is 31.4 Å². The Hall–Kier alpha value is -1.91. The molecule has 2 rings (SSSR count). The molecule has 1 heterocycles. The number of Topliss-reactive ketones (excluding diaryl/α,β-unsaturated/α-hetero) is 1. The van der Waals surface area contributed by atoms with E-state index in [2.05, 4.69) is 10.3 Å². The Morgan fingerprint density at radius 3 is 3.05 bits per heavy atom. The lowest BCUT2D eigenvalue weighted by Crippen LogP contribution is -2.15. The number of pyridine rings is 1. The third-order valence-corrected chi connectivity index (χ3v) is 3.61. The second-order valence-corrected chi connectivity index (χ2v) is 5.48. The number of carbonyl (C=O) groups is 2. The quantitative estimate of drug-likeness (QED) is 0.816. The molecule has 0 bridgehead atoms. The largest absolute Gasteiger partial charge is 0.449 e. The number of hydrogen-bond donors (Lipinski definition) is 1. The summed E-state index contributed by atoms with van der Waals surface area (Å²) in [5.41, 5.74) is 0.904. The molecule has 1 aromatic rings. The number of carbonyl (C=O) groups excluding carboxylic acids is 2. The molecule has 5 heteroatoms. The maximum atomic E-state index is 11.6. The lowest BCUT2D eigenvalue weighted by molar-refractivity contribution is -0.117. The van der Waals surface area contributed by atoms with Gasteiger partial charge < -0.3 is 4.74 Å². The molecule has 1 aromatic heterocycles. The fourth-order valence-electron chi connectivity index (χ4n) is 2.47. The number of ketones is 1. The summed E-state index contributed by atoms with van der Waals surface area (Å²) in [6.07, 6.45) is 4.44. The minimum absolute atomic E-state index is 0.341. The first-order valence-electron chi connectivity index (χ1n) is 7.58. The van der Waals surface area contributed by atoms with Crippen LogP contribution >= 0.6 is 0 Å². The van der Waals surface area contributed by atoms with Gasteiger partial charge in [0.2, 0.25) is 0 Å². The summed E-state index contributed by atoms with van der Waals surface area (Å²) in [6.45, 7) is 2.46. The minimum atomic E-state index is -0.468. The number of unbranched alkanes of at least 4 members (excludes halogenated alkanes) is 1. The smallest absolute Gasteiger partial charge is 0.412 e. The van der Waals surface area contributed by atoms with Crippen LogP contribution in [0.3, 0.4) is 0 Å². The molecule has 1 saturated carbocycles. The van der Waals surface area contributed by atoms with E-state index >= 15 is 0 Å². The normalized spacial score (nSPS) is 17.8. The molecule has 1 unspecified atom stereocenters. The van der Waals surface area contributed by atoms with Crippen LogP contribution in [0.4, 0.5) is 10.6 Å². The summed E-state index contributed by atoms with van der Waals surface area (Å²) in [6, 6.07) is 5.53. The third-order valence-electron chi connectivity index (χ3n) is 3.61. The Balaban J connectivity index is 1.85. The number of amides is 1. The molecule has 0 spiro atoms. The fourth-order valence-corrected chi connectivity index (χ4v) is 2.47. The zero-order valence-electron chi connectivity index (χ0n) is 12.4. The molecule has 114 valence electrons. The number of hydrogen-bond acceptors (Lipinski definition) is 4. The van der Waals surface area contributed by atoms with Crippen molar-refractivity contribution >= 4 is 17.7 Å². The number of nitrogens with one attached hydrogen (secondary N) is 1. The topological polar surface area (TPSA) is 68.3 Å². The van der Waals surface area contributed by atoms with Crippen LogP contribution < -0.4 is 5.32 Å². The molecule has 1 aliphatic rings. The average Bonchev–Trinajstić information content (AvgIpc) is 2.85. The number of ether oxygens (including phenoxy) is 1. The molecule has 1 fully saturated rings. The summed E-state index contributed by atoms with van der Waals surface area (Å²) in [4.78, 5) is 27.3. The number of anilines is 1. The second-order valence-electron chi connectivity index (χ2n) is 5.48. The molecule has 1 amide bonds. The van der Waals surface area contributed by atoms with Gasteiger partial charge in [0.15, 0.2) is 0 Å². The summed E-state index contributed by atoms with van der Waals surface area (Å²) in [5, 5.41) is 2.64. The lowest BCUT2D eigenvalue weighted by Gasteiger charge is -2.10. The molecular weight excluding hydrogens is 268 g/mol. The molecule has 0 aliphatic heterocycles. The third kappa shape index (κ3) is 5.17. The van der Waals surface area contributed by atoms with Crippen LogP contribution in [0.2, 0.25) is 0 Å². The Morgan fingerprint density at radius 1 is 1.48 bits per heavy atom. The highest BCUT2D eigenvalue weighted by Crippen LogP contribution is 2.25. The van der Waals surface area contributed by atoms with Crippen LogP contribution in [0.15, 0.2) is 18.2 Å². The summed E-state index contributed by atoms with van der Waals surface area (Å²) < 4.78 is 5.04. The van der Waals surface area contributed by atoms with Gasteiger partial charge in [-0.2, -0.15) is 0 Å². The lowest BCUT2D eigenvalue weighted by atomic mass is 10.0. The van der Waals surface area contributed by atoms with Gasteiger partial charge in [-0.25, -0.2) is 9.78 Å². The summed E-state index contributed by atoms with van der Waals surface area (Å²) in [5.74, 6) is 1.23. The van der Waals surface area contributed by atoms with Crippen LogP contribution in [-0.4, -0.2) is 23.5 Å². The van der Waals surface area contributed by atoms with E-state index < -0.39 is 6.09 Å². The van der Waals surface area contributed by atoms with Crippen LogP contribution in [-0.2, 0) is 16.0 Å². The molecule has 1 aliphatic carbocycles. The molecule has 5 nitrogen and oxygen atoms in total. The van der Waals surface area contributed by atoms with Crippen LogP contribution in [0.1, 0.15) is 44.7 Å². The highest BCUT2D eigenvalue weighted by Gasteiger charge is 2.22. The van der Waals surface area contributed by atoms with E-state index in [0.29, 0.717) is 37.0 Å². The Morgan fingerprint density at radius 2 is 2.33 bits per heavy atom. The number of nitrogens with zero attached hydrogens (tertiary/aromatic N) is 1. The molecular formula is C16H22N2O3. The van der Waals surface area contributed by atoms with Gasteiger partial charge >= 0.3 is 6.09 Å². The maximum absolute atomic E-state index is 11.6. The monoisotopic (exact) mass is 290 g/mol. The van der Waals surface area contributed by atoms with Crippen molar-refractivity contribution in [3.05, 3.63) is 23.9 Å². The second kappa shape index (κ2) is 7.76. The predicted octanol–water partition coefficient (Wildman–Crippen LogP) is 3.34. The first kappa shape index (κ1) is 15.5. The van der Waals surface area contributed by atoms with Gasteiger partial charge in [-0.15, -0.1) is 0 Å². The van der Waals surface area contributed by atoms with Gasteiger partial charge in [-0.1, -0.05) is 19.4 Å². The van der Waals surface area contributed by atoms with Gasteiger partial charge in [0.25, 0.3) is 0 Å². The minimum Gasteiger partial charge on any atom is -0.449 e. The fraction of sp³-hybridized carbons (Fsp3) is 0.562. The molecule has 0 saturated heterocycles. The van der Waals surface area contributed by atoms with Crippen LogP contribution in [0, 0.1) is 5.92 Å². The predicted molar refractivity (Wildman–Crippen MR) is 80.2 cm³/mol. The van der Waals surface area contributed by atoms with E-state index in [4.69, 9.17) is 4.74 Å². The van der Waals surface area contributed by atoms with Gasteiger partial charge in [0.1, 0.15) is 11.6 Å².